The zero-order chi connectivity index (χ0) is 15.2. The molecule has 0 aliphatic carbocycles. The van der Waals surface area contributed by atoms with Gasteiger partial charge in [-0.3, -0.25) is 0 Å². The summed E-state index contributed by atoms with van der Waals surface area (Å²) in [5.74, 6) is 1.85. The molecule has 0 aliphatic heterocycles. The van der Waals surface area contributed by atoms with E-state index in [9.17, 15) is 0 Å². The molecule has 2 rings (SSSR count). The average Bonchev–Trinajstić information content (AvgIpc) is 2.52. The third-order valence-corrected chi connectivity index (χ3v) is 3.68. The molecule has 1 N–H and O–H groups in total. The van der Waals surface area contributed by atoms with E-state index in [-0.39, 0.29) is 6.04 Å². The lowest BCUT2D eigenvalue weighted by molar-refractivity contribution is 0.401. The van der Waals surface area contributed by atoms with Gasteiger partial charge >= 0.3 is 0 Å². The molecule has 1 atom stereocenters. The number of benzene rings is 2. The van der Waals surface area contributed by atoms with Crippen LogP contribution in [0.2, 0.25) is 0 Å². The highest BCUT2D eigenvalue weighted by Gasteiger charge is 2.10. The van der Waals surface area contributed by atoms with Crippen LogP contribution in [0, 0.1) is 6.92 Å². The van der Waals surface area contributed by atoms with Gasteiger partial charge in [-0.25, -0.2) is 0 Å². The summed E-state index contributed by atoms with van der Waals surface area (Å²) >= 11 is 0. The van der Waals surface area contributed by atoms with Gasteiger partial charge in [-0.15, -0.1) is 0 Å². The third kappa shape index (κ3) is 3.76. The summed E-state index contributed by atoms with van der Waals surface area (Å²) in [6.45, 7) is 5.02. The molecule has 2 aromatic rings. The Bertz CT molecular complexity index is 596. The van der Waals surface area contributed by atoms with Crippen LogP contribution in [-0.4, -0.2) is 14.2 Å². The fraction of sp³-hybridized carbons (Fsp3) is 0.333. The smallest absolute Gasteiger partial charge is 0.123 e. The average molecular weight is 285 g/mol. The van der Waals surface area contributed by atoms with E-state index in [0.717, 1.165) is 23.6 Å². The predicted octanol–water partition coefficient (Wildman–Crippen LogP) is 3.86. The largest absolute Gasteiger partial charge is 0.496 e. The molecular weight excluding hydrogens is 262 g/mol. The van der Waals surface area contributed by atoms with Crippen LogP contribution in [0.5, 0.6) is 11.5 Å². The van der Waals surface area contributed by atoms with Crippen molar-refractivity contribution >= 4 is 0 Å². The maximum atomic E-state index is 5.41. The van der Waals surface area contributed by atoms with Gasteiger partial charge in [-0.2, -0.15) is 0 Å². The quantitative estimate of drug-likeness (QED) is 0.874. The zero-order valence-corrected chi connectivity index (χ0v) is 13.1. The van der Waals surface area contributed by atoms with Crippen molar-refractivity contribution in [2.45, 2.75) is 26.4 Å². The van der Waals surface area contributed by atoms with Gasteiger partial charge in [0.1, 0.15) is 11.5 Å². The van der Waals surface area contributed by atoms with Crippen molar-refractivity contribution in [2.24, 2.45) is 0 Å². The Morgan fingerprint density at radius 3 is 2.38 bits per heavy atom. The highest BCUT2D eigenvalue weighted by molar-refractivity contribution is 5.37. The number of hydrogen-bond acceptors (Lipinski definition) is 3. The van der Waals surface area contributed by atoms with E-state index < -0.39 is 0 Å². The molecule has 0 saturated heterocycles. The lowest BCUT2D eigenvalue weighted by Crippen LogP contribution is -2.18. The topological polar surface area (TPSA) is 30.5 Å². The number of para-hydroxylation sites is 1. The Labute approximate surface area is 126 Å². The van der Waals surface area contributed by atoms with Crippen LogP contribution < -0.4 is 14.8 Å². The standard InChI is InChI=1S/C18H23NO2/c1-13-11-15(9-10-17(13)20-3)12-19-14(2)16-7-5-6-8-18(16)21-4/h5-11,14,19H,12H2,1-4H3/t14-/m1/s1. The van der Waals surface area contributed by atoms with Crippen molar-refractivity contribution < 1.29 is 9.47 Å². The molecule has 0 spiro atoms. The Kier molecular flexibility index (Phi) is 5.23. The second-order valence-electron chi connectivity index (χ2n) is 5.15. The molecule has 3 nitrogen and oxygen atoms in total. The molecule has 0 aromatic heterocycles. The molecular formula is C18H23NO2. The first-order chi connectivity index (χ1) is 10.2. The van der Waals surface area contributed by atoms with Gasteiger partial charge in [0.2, 0.25) is 0 Å². The lowest BCUT2D eigenvalue weighted by Gasteiger charge is -2.17. The van der Waals surface area contributed by atoms with Crippen LogP contribution in [0.15, 0.2) is 42.5 Å². The van der Waals surface area contributed by atoms with Gasteiger partial charge in [0.15, 0.2) is 0 Å². The fourth-order valence-electron chi connectivity index (χ4n) is 2.46. The van der Waals surface area contributed by atoms with Gasteiger partial charge < -0.3 is 14.8 Å². The normalized spacial score (nSPS) is 12.0. The minimum Gasteiger partial charge on any atom is -0.496 e. The van der Waals surface area contributed by atoms with Crippen molar-refractivity contribution in [3.8, 4) is 11.5 Å². The number of nitrogens with one attached hydrogen (secondary N) is 1. The summed E-state index contributed by atoms with van der Waals surface area (Å²) in [5, 5.41) is 3.53. The molecule has 0 amide bonds. The van der Waals surface area contributed by atoms with Crippen LogP contribution in [0.25, 0.3) is 0 Å². The monoisotopic (exact) mass is 285 g/mol. The zero-order valence-electron chi connectivity index (χ0n) is 13.1. The first-order valence-electron chi connectivity index (χ1n) is 7.15. The van der Waals surface area contributed by atoms with E-state index in [2.05, 4.69) is 37.4 Å². The highest BCUT2D eigenvalue weighted by Crippen LogP contribution is 2.25. The molecule has 0 aliphatic rings. The Morgan fingerprint density at radius 2 is 1.71 bits per heavy atom. The Hall–Kier alpha value is -2.00. The van der Waals surface area contributed by atoms with Crippen molar-refractivity contribution in [1.82, 2.24) is 5.32 Å². The number of ether oxygens (including phenoxy) is 2. The van der Waals surface area contributed by atoms with E-state index in [1.165, 1.54) is 11.1 Å². The van der Waals surface area contributed by atoms with Crippen LogP contribution in [0.3, 0.4) is 0 Å². The van der Waals surface area contributed by atoms with E-state index in [0.29, 0.717) is 0 Å². The highest BCUT2D eigenvalue weighted by atomic mass is 16.5. The summed E-state index contributed by atoms with van der Waals surface area (Å²) < 4.78 is 10.7. The molecule has 21 heavy (non-hydrogen) atoms. The van der Waals surface area contributed by atoms with Crippen molar-refractivity contribution in [3.05, 3.63) is 59.2 Å². The lowest BCUT2D eigenvalue weighted by atomic mass is 10.1. The molecule has 0 fully saturated rings. The SMILES string of the molecule is COc1ccc(CN[C@H](C)c2ccccc2OC)cc1C. The van der Waals surface area contributed by atoms with Crippen LogP contribution >= 0.6 is 0 Å². The van der Waals surface area contributed by atoms with E-state index >= 15 is 0 Å². The molecule has 0 bridgehead atoms. The van der Waals surface area contributed by atoms with Crippen LogP contribution in [0.1, 0.15) is 29.7 Å². The second-order valence-corrected chi connectivity index (χ2v) is 5.15. The van der Waals surface area contributed by atoms with E-state index in [4.69, 9.17) is 9.47 Å². The maximum Gasteiger partial charge on any atom is 0.123 e. The van der Waals surface area contributed by atoms with Crippen LogP contribution in [0.4, 0.5) is 0 Å². The molecule has 0 radical (unpaired) electrons. The minimum atomic E-state index is 0.226. The molecule has 2 aromatic carbocycles. The first kappa shape index (κ1) is 15.4. The molecule has 0 saturated carbocycles. The maximum absolute atomic E-state index is 5.41. The number of rotatable bonds is 6. The van der Waals surface area contributed by atoms with Gasteiger partial charge in [-0.05, 0) is 37.1 Å². The molecule has 112 valence electrons. The van der Waals surface area contributed by atoms with E-state index in [1.807, 2.05) is 24.3 Å². The second kappa shape index (κ2) is 7.14. The fourth-order valence-corrected chi connectivity index (χ4v) is 2.46. The Morgan fingerprint density at radius 1 is 1.00 bits per heavy atom. The van der Waals surface area contributed by atoms with Crippen LogP contribution in [-0.2, 0) is 6.54 Å². The van der Waals surface area contributed by atoms with Gasteiger partial charge in [0.05, 0.1) is 14.2 Å². The van der Waals surface area contributed by atoms with Crippen molar-refractivity contribution in [2.75, 3.05) is 14.2 Å². The van der Waals surface area contributed by atoms with Crippen molar-refractivity contribution in [1.29, 1.82) is 0 Å². The van der Waals surface area contributed by atoms with Gasteiger partial charge in [0.25, 0.3) is 0 Å². The first-order valence-corrected chi connectivity index (χ1v) is 7.15. The number of hydrogen-bond donors (Lipinski definition) is 1. The predicted molar refractivity (Wildman–Crippen MR) is 86.0 cm³/mol. The summed E-state index contributed by atoms with van der Waals surface area (Å²) in [5.41, 5.74) is 3.57. The third-order valence-electron chi connectivity index (χ3n) is 3.68. The minimum absolute atomic E-state index is 0.226. The number of aryl methyl sites for hydroxylation is 1. The van der Waals surface area contributed by atoms with Gasteiger partial charge in [-0.1, -0.05) is 30.3 Å². The number of methoxy groups -OCH3 is 2. The Balaban J connectivity index is 2.04. The summed E-state index contributed by atoms with van der Waals surface area (Å²) in [7, 11) is 3.41. The summed E-state index contributed by atoms with van der Waals surface area (Å²) in [6.07, 6.45) is 0. The summed E-state index contributed by atoms with van der Waals surface area (Å²) in [6, 6.07) is 14.6. The van der Waals surface area contributed by atoms with E-state index in [1.54, 1.807) is 14.2 Å². The van der Waals surface area contributed by atoms with Gasteiger partial charge in [0, 0.05) is 18.2 Å². The summed E-state index contributed by atoms with van der Waals surface area (Å²) in [4.78, 5) is 0. The molecule has 0 heterocycles. The van der Waals surface area contributed by atoms with Crippen molar-refractivity contribution in [3.63, 3.8) is 0 Å². The molecule has 0 unspecified atom stereocenters. The molecule has 3 heteroatoms.